The number of pyridine rings is 1. The third-order valence-electron chi connectivity index (χ3n) is 3.96. The monoisotopic (exact) mass is 313 g/mol. The Bertz CT molecular complexity index is 714. The van der Waals surface area contributed by atoms with Gasteiger partial charge in [0.2, 0.25) is 0 Å². The third-order valence-corrected chi connectivity index (χ3v) is 3.96. The smallest absolute Gasteiger partial charge is 0.409 e. The molecule has 3 heterocycles. The van der Waals surface area contributed by atoms with E-state index in [1.165, 1.54) is 7.11 Å². The number of carbonyl (C=O) groups excluding carboxylic acids is 1. The van der Waals surface area contributed by atoms with Gasteiger partial charge in [-0.15, -0.1) is 0 Å². The van der Waals surface area contributed by atoms with Crippen molar-refractivity contribution in [1.82, 2.24) is 19.9 Å². The number of hydrogen-bond donors (Lipinski definition) is 1. The van der Waals surface area contributed by atoms with Crippen molar-refractivity contribution in [2.45, 2.75) is 19.9 Å². The van der Waals surface area contributed by atoms with Crippen LogP contribution in [-0.4, -0.2) is 52.2 Å². The van der Waals surface area contributed by atoms with Gasteiger partial charge in [-0.3, -0.25) is 4.98 Å². The number of likely N-dealkylation sites (tertiary alicyclic amines) is 1. The molecule has 0 radical (unpaired) electrons. The van der Waals surface area contributed by atoms with E-state index in [2.05, 4.69) is 20.3 Å². The van der Waals surface area contributed by atoms with Gasteiger partial charge in [0.15, 0.2) is 5.82 Å². The highest BCUT2D eigenvalue weighted by Gasteiger charge is 2.31. The summed E-state index contributed by atoms with van der Waals surface area (Å²) >= 11 is 0. The summed E-state index contributed by atoms with van der Waals surface area (Å²) in [6, 6.07) is 3.97. The maximum Gasteiger partial charge on any atom is 0.409 e. The van der Waals surface area contributed by atoms with Crippen molar-refractivity contribution >= 4 is 11.9 Å². The maximum absolute atomic E-state index is 11.4. The molecule has 120 valence electrons. The van der Waals surface area contributed by atoms with Crippen molar-refractivity contribution in [3.8, 4) is 11.4 Å². The lowest BCUT2D eigenvalue weighted by Gasteiger charge is -2.38. The lowest BCUT2D eigenvalue weighted by Crippen LogP contribution is -2.57. The lowest BCUT2D eigenvalue weighted by atomic mass is 10.1. The highest BCUT2D eigenvalue weighted by Crippen LogP contribution is 2.23. The van der Waals surface area contributed by atoms with Gasteiger partial charge in [-0.05, 0) is 26.0 Å². The molecular formula is C16H19N5O2. The van der Waals surface area contributed by atoms with E-state index in [0.717, 1.165) is 22.6 Å². The Morgan fingerprint density at radius 1 is 1.35 bits per heavy atom. The van der Waals surface area contributed by atoms with Gasteiger partial charge in [-0.25, -0.2) is 14.8 Å². The molecule has 0 unspecified atom stereocenters. The molecule has 2 aromatic heterocycles. The Balaban J connectivity index is 1.78. The van der Waals surface area contributed by atoms with E-state index in [-0.39, 0.29) is 12.1 Å². The normalized spacial score (nSPS) is 14.3. The Labute approximate surface area is 134 Å². The van der Waals surface area contributed by atoms with Gasteiger partial charge < -0.3 is 15.0 Å². The molecule has 2 aromatic rings. The van der Waals surface area contributed by atoms with Crippen LogP contribution in [0.25, 0.3) is 11.4 Å². The number of aromatic nitrogens is 3. The average Bonchev–Trinajstić information content (AvgIpc) is 2.54. The molecule has 1 N–H and O–H groups in total. The van der Waals surface area contributed by atoms with Gasteiger partial charge >= 0.3 is 6.09 Å². The Hall–Kier alpha value is -2.70. The first-order valence-electron chi connectivity index (χ1n) is 7.43. The van der Waals surface area contributed by atoms with E-state index in [0.29, 0.717) is 18.9 Å². The number of ether oxygens (including phenoxy) is 1. The highest BCUT2D eigenvalue weighted by molar-refractivity contribution is 5.69. The summed E-state index contributed by atoms with van der Waals surface area (Å²) in [5.41, 5.74) is 2.81. The van der Waals surface area contributed by atoms with Crippen molar-refractivity contribution in [3.05, 3.63) is 35.8 Å². The fourth-order valence-electron chi connectivity index (χ4n) is 2.43. The molecule has 3 rings (SSSR count). The molecule has 0 aliphatic carbocycles. The van der Waals surface area contributed by atoms with Gasteiger partial charge in [-0.1, -0.05) is 0 Å². The molecule has 7 nitrogen and oxygen atoms in total. The van der Waals surface area contributed by atoms with Crippen LogP contribution in [0, 0.1) is 13.8 Å². The van der Waals surface area contributed by atoms with E-state index >= 15 is 0 Å². The van der Waals surface area contributed by atoms with Crippen LogP contribution < -0.4 is 5.32 Å². The predicted octanol–water partition coefficient (Wildman–Crippen LogP) is 2.02. The average molecular weight is 313 g/mol. The third kappa shape index (κ3) is 3.08. The standard InChI is InChI=1S/C16H19N5O2/c1-10-11(2)18-15(12-5-4-6-17-7-12)20-14(10)19-13-8-21(9-13)16(22)23-3/h4-7,13H,8-9H2,1-3H3,(H,18,19,20). The zero-order valence-electron chi connectivity index (χ0n) is 13.4. The van der Waals surface area contributed by atoms with Crippen LogP contribution in [0.3, 0.4) is 0 Å². The summed E-state index contributed by atoms with van der Waals surface area (Å²) in [7, 11) is 1.39. The van der Waals surface area contributed by atoms with Crippen molar-refractivity contribution in [1.29, 1.82) is 0 Å². The first-order chi connectivity index (χ1) is 11.1. The summed E-state index contributed by atoms with van der Waals surface area (Å²) in [5, 5.41) is 3.39. The number of rotatable bonds is 3. The van der Waals surface area contributed by atoms with Gasteiger partial charge in [0.05, 0.1) is 13.2 Å². The first-order valence-corrected chi connectivity index (χ1v) is 7.43. The van der Waals surface area contributed by atoms with E-state index in [9.17, 15) is 4.79 Å². The second kappa shape index (κ2) is 6.20. The van der Waals surface area contributed by atoms with Crippen LogP contribution >= 0.6 is 0 Å². The zero-order valence-corrected chi connectivity index (χ0v) is 13.4. The number of aryl methyl sites for hydroxylation is 1. The zero-order chi connectivity index (χ0) is 16.4. The quantitative estimate of drug-likeness (QED) is 0.934. The van der Waals surface area contributed by atoms with E-state index in [1.807, 2.05) is 26.0 Å². The van der Waals surface area contributed by atoms with Crippen molar-refractivity contribution in [3.63, 3.8) is 0 Å². The predicted molar refractivity (Wildman–Crippen MR) is 86.1 cm³/mol. The minimum atomic E-state index is -0.297. The van der Waals surface area contributed by atoms with Crippen molar-refractivity contribution in [2.75, 3.05) is 25.5 Å². The molecule has 1 amide bonds. The fourth-order valence-corrected chi connectivity index (χ4v) is 2.43. The molecule has 0 saturated carbocycles. The molecule has 0 aromatic carbocycles. The number of nitrogens with one attached hydrogen (secondary N) is 1. The van der Waals surface area contributed by atoms with Gasteiger partial charge in [0.25, 0.3) is 0 Å². The molecule has 0 bridgehead atoms. The van der Waals surface area contributed by atoms with Crippen LogP contribution in [-0.2, 0) is 4.74 Å². The molecule has 23 heavy (non-hydrogen) atoms. The van der Waals surface area contributed by atoms with Crippen molar-refractivity contribution in [2.24, 2.45) is 0 Å². The second-order valence-corrected chi connectivity index (χ2v) is 5.56. The van der Waals surface area contributed by atoms with E-state index in [4.69, 9.17) is 4.74 Å². The number of carbonyl (C=O) groups is 1. The highest BCUT2D eigenvalue weighted by atomic mass is 16.5. The number of anilines is 1. The molecule has 1 aliphatic heterocycles. The second-order valence-electron chi connectivity index (χ2n) is 5.56. The summed E-state index contributed by atoms with van der Waals surface area (Å²) < 4.78 is 4.70. The summed E-state index contributed by atoms with van der Waals surface area (Å²) in [6.07, 6.45) is 3.17. The number of hydrogen-bond acceptors (Lipinski definition) is 6. The lowest BCUT2D eigenvalue weighted by molar-refractivity contribution is 0.0929. The van der Waals surface area contributed by atoms with Gasteiger partial charge in [0.1, 0.15) is 5.82 Å². The van der Waals surface area contributed by atoms with E-state index in [1.54, 1.807) is 17.3 Å². The SMILES string of the molecule is COC(=O)N1CC(Nc2nc(-c3cccnc3)nc(C)c2C)C1. The van der Waals surface area contributed by atoms with Crippen LogP contribution in [0.2, 0.25) is 0 Å². The summed E-state index contributed by atoms with van der Waals surface area (Å²) in [4.78, 5) is 26.3. The summed E-state index contributed by atoms with van der Waals surface area (Å²) in [5.74, 6) is 1.44. The Morgan fingerprint density at radius 3 is 2.78 bits per heavy atom. The molecule has 0 spiro atoms. The Morgan fingerprint density at radius 2 is 2.13 bits per heavy atom. The molecular weight excluding hydrogens is 294 g/mol. The minimum Gasteiger partial charge on any atom is -0.453 e. The molecule has 0 atom stereocenters. The fraction of sp³-hybridized carbons (Fsp3) is 0.375. The van der Waals surface area contributed by atoms with Crippen molar-refractivity contribution < 1.29 is 9.53 Å². The molecule has 1 saturated heterocycles. The Kier molecular flexibility index (Phi) is 4.10. The molecule has 1 aliphatic rings. The van der Waals surface area contributed by atoms with Gasteiger partial charge in [-0.2, -0.15) is 0 Å². The topological polar surface area (TPSA) is 80.2 Å². The molecule has 1 fully saturated rings. The minimum absolute atomic E-state index is 0.170. The molecule has 7 heteroatoms. The van der Waals surface area contributed by atoms with Crippen LogP contribution in [0.15, 0.2) is 24.5 Å². The van der Waals surface area contributed by atoms with Crippen LogP contribution in [0.5, 0.6) is 0 Å². The number of methoxy groups -OCH3 is 1. The van der Waals surface area contributed by atoms with Crippen LogP contribution in [0.4, 0.5) is 10.6 Å². The largest absolute Gasteiger partial charge is 0.453 e. The first kappa shape index (κ1) is 15.2. The van der Waals surface area contributed by atoms with E-state index < -0.39 is 0 Å². The maximum atomic E-state index is 11.4. The summed E-state index contributed by atoms with van der Waals surface area (Å²) in [6.45, 7) is 5.17. The number of nitrogens with zero attached hydrogens (tertiary/aromatic N) is 4. The number of amides is 1. The van der Waals surface area contributed by atoms with Crippen LogP contribution in [0.1, 0.15) is 11.3 Å². The van der Waals surface area contributed by atoms with Gasteiger partial charge in [0, 0.05) is 42.3 Å².